The molecule has 19 heavy (non-hydrogen) atoms. The zero-order valence-electron chi connectivity index (χ0n) is 9.80. The van der Waals surface area contributed by atoms with Crippen LogP contribution in [-0.2, 0) is 12.5 Å². The van der Waals surface area contributed by atoms with Crippen LogP contribution in [-0.4, -0.2) is 0 Å². The predicted octanol–water partition coefficient (Wildman–Crippen LogP) is 5.56. The van der Waals surface area contributed by atoms with E-state index in [2.05, 4.69) is 15.9 Å². The highest BCUT2D eigenvalue weighted by Gasteiger charge is 2.06. The molecule has 0 aromatic heterocycles. The van der Waals surface area contributed by atoms with Crippen molar-refractivity contribution in [2.24, 2.45) is 0 Å². The summed E-state index contributed by atoms with van der Waals surface area (Å²) >= 11 is 15.1. The van der Waals surface area contributed by atoms with Crippen LogP contribution in [0.25, 0.3) is 0 Å². The van der Waals surface area contributed by atoms with E-state index in [-0.39, 0.29) is 12.4 Å². The maximum atomic E-state index is 13.1. The lowest BCUT2D eigenvalue weighted by molar-refractivity contribution is 0.303. The van der Waals surface area contributed by atoms with E-state index in [1.165, 1.54) is 18.2 Å². The lowest BCUT2D eigenvalue weighted by Gasteiger charge is -2.10. The van der Waals surface area contributed by atoms with Crippen LogP contribution in [0, 0.1) is 5.82 Å². The summed E-state index contributed by atoms with van der Waals surface area (Å²) in [5.74, 6) is 0.767. The fourth-order valence-corrected chi connectivity index (χ4v) is 2.43. The van der Waals surface area contributed by atoms with E-state index in [0.29, 0.717) is 22.2 Å². The number of halogens is 4. The molecule has 0 aliphatic rings. The molecule has 0 fully saturated rings. The molecule has 5 heteroatoms. The van der Waals surface area contributed by atoms with Crippen molar-refractivity contribution in [2.75, 3.05) is 0 Å². The molecule has 2 aromatic carbocycles. The highest BCUT2D eigenvalue weighted by molar-refractivity contribution is 9.10. The topological polar surface area (TPSA) is 9.23 Å². The van der Waals surface area contributed by atoms with Gasteiger partial charge in [0.2, 0.25) is 0 Å². The minimum atomic E-state index is -0.334. The Morgan fingerprint density at radius 2 is 1.95 bits per heavy atom. The van der Waals surface area contributed by atoms with Crippen molar-refractivity contribution < 1.29 is 9.13 Å². The van der Waals surface area contributed by atoms with E-state index in [4.69, 9.17) is 27.9 Å². The van der Waals surface area contributed by atoms with Gasteiger partial charge in [0.1, 0.15) is 18.2 Å². The molecule has 2 rings (SSSR count). The first kappa shape index (κ1) is 14.6. The standard InChI is InChI=1S/C14H10BrCl2FO/c15-12-5-9(7-16)1-4-14(12)19-8-10-6-11(18)2-3-13(10)17/h1-6H,7-8H2. The van der Waals surface area contributed by atoms with Crippen LogP contribution in [0.2, 0.25) is 5.02 Å². The van der Waals surface area contributed by atoms with E-state index in [9.17, 15) is 4.39 Å². The molecule has 0 amide bonds. The molecule has 0 radical (unpaired) electrons. The highest BCUT2D eigenvalue weighted by atomic mass is 79.9. The SMILES string of the molecule is Fc1ccc(Cl)c(COc2ccc(CCl)cc2Br)c1. The summed E-state index contributed by atoms with van der Waals surface area (Å²) in [5, 5.41) is 0.481. The molecular formula is C14H10BrCl2FO. The zero-order valence-corrected chi connectivity index (χ0v) is 12.9. The molecule has 0 heterocycles. The summed E-state index contributed by atoms with van der Waals surface area (Å²) in [6.45, 7) is 0.204. The number of hydrogen-bond donors (Lipinski definition) is 0. The largest absolute Gasteiger partial charge is 0.488 e. The number of alkyl halides is 1. The predicted molar refractivity (Wildman–Crippen MR) is 79.4 cm³/mol. The van der Waals surface area contributed by atoms with Crippen LogP contribution in [0.3, 0.4) is 0 Å². The fourth-order valence-electron chi connectivity index (χ4n) is 1.55. The van der Waals surface area contributed by atoms with Crippen molar-refractivity contribution in [2.45, 2.75) is 12.5 Å². The number of rotatable bonds is 4. The van der Waals surface area contributed by atoms with Crippen molar-refractivity contribution >= 4 is 39.1 Å². The number of benzene rings is 2. The summed E-state index contributed by atoms with van der Waals surface area (Å²) in [6.07, 6.45) is 0. The van der Waals surface area contributed by atoms with Gasteiger partial charge in [-0.1, -0.05) is 17.7 Å². The minimum Gasteiger partial charge on any atom is -0.488 e. The van der Waals surface area contributed by atoms with Crippen molar-refractivity contribution in [3.05, 3.63) is 62.8 Å². The summed E-state index contributed by atoms with van der Waals surface area (Å²) < 4.78 is 19.5. The van der Waals surface area contributed by atoms with Crippen LogP contribution in [0.15, 0.2) is 40.9 Å². The van der Waals surface area contributed by atoms with Gasteiger partial charge >= 0.3 is 0 Å². The number of hydrogen-bond acceptors (Lipinski definition) is 1. The molecular weight excluding hydrogens is 354 g/mol. The molecule has 0 atom stereocenters. The maximum absolute atomic E-state index is 13.1. The van der Waals surface area contributed by atoms with Gasteiger partial charge in [-0.05, 0) is 51.8 Å². The van der Waals surface area contributed by atoms with E-state index in [0.717, 1.165) is 10.0 Å². The Hall–Kier alpha value is -0.770. The van der Waals surface area contributed by atoms with Gasteiger partial charge in [0.05, 0.1) is 4.47 Å². The van der Waals surface area contributed by atoms with Gasteiger partial charge in [-0.3, -0.25) is 0 Å². The van der Waals surface area contributed by atoms with E-state index < -0.39 is 0 Å². The van der Waals surface area contributed by atoms with Crippen LogP contribution >= 0.6 is 39.1 Å². The van der Waals surface area contributed by atoms with Crippen molar-refractivity contribution in [1.29, 1.82) is 0 Å². The van der Waals surface area contributed by atoms with Crippen LogP contribution in [0.4, 0.5) is 4.39 Å². The van der Waals surface area contributed by atoms with Gasteiger partial charge in [0.25, 0.3) is 0 Å². The Kier molecular flexibility index (Phi) is 5.08. The molecule has 0 unspecified atom stereocenters. The Labute approximate surface area is 129 Å². The average molecular weight is 364 g/mol. The van der Waals surface area contributed by atoms with E-state index in [1.807, 2.05) is 18.2 Å². The maximum Gasteiger partial charge on any atom is 0.134 e. The third kappa shape index (κ3) is 3.85. The van der Waals surface area contributed by atoms with Crippen LogP contribution < -0.4 is 4.74 Å². The number of ether oxygens (including phenoxy) is 1. The van der Waals surface area contributed by atoms with Crippen LogP contribution in [0.5, 0.6) is 5.75 Å². The quantitative estimate of drug-likeness (QED) is 0.646. The smallest absolute Gasteiger partial charge is 0.134 e. The van der Waals surface area contributed by atoms with Gasteiger partial charge in [0.15, 0.2) is 0 Å². The Morgan fingerprint density at radius 1 is 1.16 bits per heavy atom. The molecule has 1 nitrogen and oxygen atoms in total. The normalized spacial score (nSPS) is 10.5. The second-order valence-corrected chi connectivity index (χ2v) is 5.45. The molecule has 0 bridgehead atoms. The molecule has 2 aromatic rings. The third-order valence-corrected chi connectivity index (χ3v) is 3.84. The van der Waals surface area contributed by atoms with Crippen molar-refractivity contribution in [3.63, 3.8) is 0 Å². The fraction of sp³-hybridized carbons (Fsp3) is 0.143. The molecule has 0 N–H and O–H groups in total. The van der Waals surface area contributed by atoms with Gasteiger partial charge in [-0.2, -0.15) is 0 Å². The minimum absolute atomic E-state index is 0.204. The monoisotopic (exact) mass is 362 g/mol. The van der Waals surface area contributed by atoms with E-state index >= 15 is 0 Å². The molecule has 0 aliphatic heterocycles. The summed E-state index contributed by atoms with van der Waals surface area (Å²) in [6, 6.07) is 9.77. The van der Waals surface area contributed by atoms with Crippen molar-refractivity contribution in [1.82, 2.24) is 0 Å². The molecule has 0 saturated carbocycles. The lowest BCUT2D eigenvalue weighted by atomic mass is 10.2. The van der Waals surface area contributed by atoms with Gasteiger partial charge in [-0.25, -0.2) is 4.39 Å². The Morgan fingerprint density at radius 3 is 2.63 bits per heavy atom. The first-order valence-corrected chi connectivity index (χ1v) is 7.22. The second kappa shape index (κ2) is 6.60. The van der Waals surface area contributed by atoms with Gasteiger partial charge in [-0.15, -0.1) is 11.6 Å². The molecule has 0 aliphatic carbocycles. The lowest BCUT2D eigenvalue weighted by Crippen LogP contribution is -1.98. The summed E-state index contributed by atoms with van der Waals surface area (Å²) in [5.41, 5.74) is 1.60. The summed E-state index contributed by atoms with van der Waals surface area (Å²) in [4.78, 5) is 0. The van der Waals surface area contributed by atoms with Gasteiger partial charge in [0, 0.05) is 16.5 Å². The third-order valence-electron chi connectivity index (χ3n) is 2.54. The van der Waals surface area contributed by atoms with Crippen molar-refractivity contribution in [3.8, 4) is 5.75 Å². The second-order valence-electron chi connectivity index (χ2n) is 3.92. The zero-order chi connectivity index (χ0) is 13.8. The molecule has 100 valence electrons. The molecule has 0 saturated heterocycles. The Bertz CT molecular complexity index is 590. The highest BCUT2D eigenvalue weighted by Crippen LogP contribution is 2.28. The van der Waals surface area contributed by atoms with E-state index in [1.54, 1.807) is 0 Å². The molecule has 0 spiro atoms. The average Bonchev–Trinajstić information content (AvgIpc) is 2.40. The summed E-state index contributed by atoms with van der Waals surface area (Å²) in [7, 11) is 0. The van der Waals surface area contributed by atoms with Crippen LogP contribution in [0.1, 0.15) is 11.1 Å². The van der Waals surface area contributed by atoms with Gasteiger partial charge < -0.3 is 4.74 Å². The first-order valence-electron chi connectivity index (χ1n) is 5.51. The Balaban J connectivity index is 2.12. The first-order chi connectivity index (χ1) is 9.10.